The molecule has 1 aromatic carbocycles. The molecule has 106 valence electrons. The van der Waals surface area contributed by atoms with Crippen molar-refractivity contribution in [1.29, 1.82) is 0 Å². The van der Waals surface area contributed by atoms with Crippen LogP contribution < -0.4 is 10.1 Å². The number of methoxy groups -OCH3 is 1. The summed E-state index contributed by atoms with van der Waals surface area (Å²) in [6.45, 7) is -0.214. The van der Waals surface area contributed by atoms with Crippen LogP contribution in [-0.2, 0) is 0 Å². The Labute approximate surface area is 122 Å². The van der Waals surface area contributed by atoms with Gasteiger partial charge in [-0.1, -0.05) is 17.9 Å². The van der Waals surface area contributed by atoms with Gasteiger partial charge >= 0.3 is 0 Å². The topological polar surface area (TPSA) is 71.5 Å². The number of amides is 1. The van der Waals surface area contributed by atoms with Gasteiger partial charge < -0.3 is 15.2 Å². The largest absolute Gasteiger partial charge is 0.497 e. The number of aliphatic hydroxyl groups excluding tert-OH is 1. The molecule has 0 aliphatic carbocycles. The molecule has 0 saturated carbocycles. The first-order valence-electron chi connectivity index (χ1n) is 6.24. The molecule has 0 fully saturated rings. The molecular weight excluding hydrogens is 268 g/mol. The number of aliphatic hydroxyl groups is 1. The molecular formula is C16H14N2O3. The van der Waals surface area contributed by atoms with Crippen LogP contribution in [0.15, 0.2) is 42.6 Å². The monoisotopic (exact) mass is 282 g/mol. The summed E-state index contributed by atoms with van der Waals surface area (Å²) in [6, 6.07) is 10.2. The molecule has 5 nitrogen and oxygen atoms in total. The van der Waals surface area contributed by atoms with E-state index in [2.05, 4.69) is 22.1 Å². The van der Waals surface area contributed by atoms with E-state index in [0.29, 0.717) is 22.7 Å². The van der Waals surface area contributed by atoms with Crippen LogP contribution >= 0.6 is 0 Å². The summed E-state index contributed by atoms with van der Waals surface area (Å²) >= 11 is 0. The predicted octanol–water partition coefficient (Wildman–Crippen LogP) is 1.69. The van der Waals surface area contributed by atoms with E-state index >= 15 is 0 Å². The van der Waals surface area contributed by atoms with Crippen LogP contribution in [0.4, 0.5) is 5.82 Å². The second-order valence-electron chi connectivity index (χ2n) is 4.08. The fourth-order valence-electron chi connectivity index (χ4n) is 1.67. The maximum Gasteiger partial charge on any atom is 0.256 e. The highest BCUT2D eigenvalue weighted by atomic mass is 16.5. The zero-order valence-corrected chi connectivity index (χ0v) is 11.5. The maximum atomic E-state index is 12.1. The SMILES string of the molecule is COc1cccc(C(=O)Nc2cc(C#CCO)ccn2)c1. The van der Waals surface area contributed by atoms with Crippen molar-refractivity contribution in [3.8, 4) is 17.6 Å². The van der Waals surface area contributed by atoms with Crippen LogP contribution in [0, 0.1) is 11.8 Å². The van der Waals surface area contributed by atoms with E-state index in [1.54, 1.807) is 49.7 Å². The van der Waals surface area contributed by atoms with Gasteiger partial charge in [0.05, 0.1) is 7.11 Å². The van der Waals surface area contributed by atoms with Crippen molar-refractivity contribution in [2.75, 3.05) is 19.0 Å². The van der Waals surface area contributed by atoms with Crippen LogP contribution in [0.1, 0.15) is 15.9 Å². The van der Waals surface area contributed by atoms with Gasteiger partial charge in [-0.3, -0.25) is 4.79 Å². The lowest BCUT2D eigenvalue weighted by Crippen LogP contribution is -2.13. The molecule has 2 N–H and O–H groups in total. The lowest BCUT2D eigenvalue weighted by molar-refractivity contribution is 0.102. The average Bonchev–Trinajstić information content (AvgIpc) is 2.53. The number of benzene rings is 1. The van der Waals surface area contributed by atoms with Gasteiger partial charge in [0, 0.05) is 17.3 Å². The van der Waals surface area contributed by atoms with Crippen molar-refractivity contribution in [3.63, 3.8) is 0 Å². The molecule has 5 heteroatoms. The lowest BCUT2D eigenvalue weighted by atomic mass is 10.2. The fraction of sp³-hybridized carbons (Fsp3) is 0.125. The Morgan fingerprint density at radius 1 is 1.38 bits per heavy atom. The standard InChI is InChI=1S/C16H14N2O3/c1-21-14-6-2-5-13(11-14)16(20)18-15-10-12(4-3-9-19)7-8-17-15/h2,5-8,10-11,19H,9H2,1H3,(H,17,18,20). The predicted molar refractivity (Wildman–Crippen MR) is 79.1 cm³/mol. The zero-order chi connectivity index (χ0) is 15.1. The van der Waals surface area contributed by atoms with Crippen molar-refractivity contribution in [2.45, 2.75) is 0 Å². The molecule has 1 aromatic heterocycles. The number of nitrogens with zero attached hydrogens (tertiary/aromatic N) is 1. The van der Waals surface area contributed by atoms with Crippen molar-refractivity contribution in [2.24, 2.45) is 0 Å². The first-order valence-corrected chi connectivity index (χ1v) is 6.24. The highest BCUT2D eigenvalue weighted by molar-refractivity contribution is 6.04. The summed E-state index contributed by atoms with van der Waals surface area (Å²) in [4.78, 5) is 16.2. The smallest absolute Gasteiger partial charge is 0.256 e. The van der Waals surface area contributed by atoms with Gasteiger partial charge in [0.15, 0.2) is 0 Å². The normalized spacial score (nSPS) is 9.43. The third-order valence-corrected chi connectivity index (χ3v) is 2.65. The number of rotatable bonds is 3. The van der Waals surface area contributed by atoms with Gasteiger partial charge in [-0.25, -0.2) is 4.98 Å². The van der Waals surface area contributed by atoms with Crippen LogP contribution in [0.3, 0.4) is 0 Å². The zero-order valence-electron chi connectivity index (χ0n) is 11.5. The third kappa shape index (κ3) is 4.06. The molecule has 21 heavy (non-hydrogen) atoms. The molecule has 0 aliphatic heterocycles. The van der Waals surface area contributed by atoms with Crippen LogP contribution in [0.2, 0.25) is 0 Å². The Morgan fingerprint density at radius 3 is 3.00 bits per heavy atom. The Morgan fingerprint density at radius 2 is 2.24 bits per heavy atom. The number of nitrogens with one attached hydrogen (secondary N) is 1. The molecule has 0 unspecified atom stereocenters. The highest BCUT2D eigenvalue weighted by Gasteiger charge is 2.07. The van der Waals surface area contributed by atoms with Gasteiger partial charge in [0.2, 0.25) is 0 Å². The van der Waals surface area contributed by atoms with Gasteiger partial charge in [-0.15, -0.1) is 0 Å². The van der Waals surface area contributed by atoms with Crippen molar-refractivity contribution >= 4 is 11.7 Å². The van der Waals surface area contributed by atoms with Gasteiger partial charge in [0.25, 0.3) is 5.91 Å². The van der Waals surface area contributed by atoms with Crippen LogP contribution in [-0.4, -0.2) is 29.7 Å². The molecule has 2 aromatic rings. The summed E-state index contributed by atoms with van der Waals surface area (Å²) in [5, 5.41) is 11.4. The number of hydrogen-bond acceptors (Lipinski definition) is 4. The molecule has 0 atom stereocenters. The Kier molecular flexibility index (Phi) is 4.91. The summed E-state index contributed by atoms with van der Waals surface area (Å²) in [5.74, 6) is 6.02. The number of carbonyl (C=O) groups is 1. The number of hydrogen-bond donors (Lipinski definition) is 2. The molecule has 2 rings (SSSR count). The first kappa shape index (κ1) is 14.6. The summed E-state index contributed by atoms with van der Waals surface area (Å²) in [5.41, 5.74) is 1.14. The summed E-state index contributed by atoms with van der Waals surface area (Å²) < 4.78 is 5.08. The van der Waals surface area contributed by atoms with E-state index in [-0.39, 0.29) is 12.5 Å². The third-order valence-electron chi connectivity index (χ3n) is 2.65. The average molecular weight is 282 g/mol. The maximum absolute atomic E-state index is 12.1. The Hall–Kier alpha value is -2.84. The van der Waals surface area contributed by atoms with E-state index in [1.165, 1.54) is 0 Å². The summed E-state index contributed by atoms with van der Waals surface area (Å²) in [7, 11) is 1.54. The van der Waals surface area contributed by atoms with Crippen molar-refractivity contribution < 1.29 is 14.6 Å². The Balaban J connectivity index is 2.15. The van der Waals surface area contributed by atoms with E-state index in [9.17, 15) is 4.79 Å². The van der Waals surface area contributed by atoms with E-state index in [1.807, 2.05) is 0 Å². The second-order valence-corrected chi connectivity index (χ2v) is 4.08. The molecule has 0 spiro atoms. The van der Waals surface area contributed by atoms with Crippen molar-refractivity contribution in [1.82, 2.24) is 4.98 Å². The Bertz CT molecular complexity index is 702. The van der Waals surface area contributed by atoms with Gasteiger partial charge in [0.1, 0.15) is 18.2 Å². The number of ether oxygens (including phenoxy) is 1. The van der Waals surface area contributed by atoms with Gasteiger partial charge in [-0.2, -0.15) is 0 Å². The molecule has 1 amide bonds. The first-order chi connectivity index (χ1) is 10.2. The molecule has 0 bridgehead atoms. The lowest BCUT2D eigenvalue weighted by Gasteiger charge is -2.06. The molecule has 0 saturated heterocycles. The number of anilines is 1. The molecule has 0 radical (unpaired) electrons. The van der Waals surface area contributed by atoms with E-state index in [0.717, 1.165) is 0 Å². The van der Waals surface area contributed by atoms with Gasteiger partial charge in [-0.05, 0) is 30.3 Å². The number of pyridine rings is 1. The minimum Gasteiger partial charge on any atom is -0.497 e. The minimum absolute atomic E-state index is 0.214. The quantitative estimate of drug-likeness (QED) is 0.840. The minimum atomic E-state index is -0.284. The van der Waals surface area contributed by atoms with Crippen LogP contribution in [0.5, 0.6) is 5.75 Å². The van der Waals surface area contributed by atoms with E-state index < -0.39 is 0 Å². The number of aromatic nitrogens is 1. The fourth-order valence-corrected chi connectivity index (χ4v) is 1.67. The van der Waals surface area contributed by atoms with Crippen LogP contribution in [0.25, 0.3) is 0 Å². The van der Waals surface area contributed by atoms with E-state index in [4.69, 9.17) is 9.84 Å². The molecule has 0 aliphatic rings. The van der Waals surface area contributed by atoms with Crippen molar-refractivity contribution in [3.05, 3.63) is 53.7 Å². The molecule has 1 heterocycles. The number of carbonyl (C=O) groups excluding carboxylic acids is 1. The summed E-state index contributed by atoms with van der Waals surface area (Å²) in [6.07, 6.45) is 1.54. The highest BCUT2D eigenvalue weighted by Crippen LogP contribution is 2.14. The second kappa shape index (κ2) is 7.08.